The van der Waals surface area contributed by atoms with Gasteiger partial charge in [-0.15, -0.1) is 0 Å². The van der Waals surface area contributed by atoms with E-state index in [1.165, 1.54) is 6.07 Å². The number of rotatable bonds is 3. The minimum Gasteiger partial charge on any atom is -0.373 e. The molecule has 4 aromatic rings. The van der Waals surface area contributed by atoms with Gasteiger partial charge in [-0.1, -0.05) is 11.6 Å². The number of fused-ring (bicyclic) bond motifs is 1. The molecule has 0 N–H and O–H groups in total. The Hall–Kier alpha value is -2.90. The van der Waals surface area contributed by atoms with Crippen LogP contribution in [0.3, 0.4) is 0 Å². The van der Waals surface area contributed by atoms with Crippen molar-refractivity contribution in [1.82, 2.24) is 24.7 Å². The van der Waals surface area contributed by atoms with Crippen LogP contribution < -0.4 is 0 Å². The maximum atomic E-state index is 14.9. The molecule has 0 radical (unpaired) electrons. The number of benzene rings is 1. The first-order valence-corrected chi connectivity index (χ1v) is 11.0. The summed E-state index contributed by atoms with van der Waals surface area (Å²) in [6.07, 6.45) is 5.36. The van der Waals surface area contributed by atoms with Crippen LogP contribution in [0.25, 0.3) is 22.3 Å². The van der Waals surface area contributed by atoms with Gasteiger partial charge in [-0.2, -0.15) is 5.10 Å². The fraction of sp³-hybridized carbons (Fsp3) is 0.333. The molecule has 1 saturated heterocycles. The van der Waals surface area contributed by atoms with Crippen LogP contribution in [-0.2, 0) is 11.8 Å². The summed E-state index contributed by atoms with van der Waals surface area (Å²) >= 11 is 5.99. The van der Waals surface area contributed by atoms with Crippen molar-refractivity contribution in [2.24, 2.45) is 7.05 Å². The van der Waals surface area contributed by atoms with E-state index in [4.69, 9.17) is 31.3 Å². The van der Waals surface area contributed by atoms with Crippen molar-refractivity contribution in [3.63, 3.8) is 0 Å². The Kier molecular flexibility index (Phi) is 5.39. The van der Waals surface area contributed by atoms with E-state index in [-0.39, 0.29) is 12.0 Å². The van der Waals surface area contributed by atoms with Gasteiger partial charge < -0.3 is 4.74 Å². The predicted octanol–water partition coefficient (Wildman–Crippen LogP) is 5.47. The van der Waals surface area contributed by atoms with E-state index in [0.717, 1.165) is 35.5 Å². The summed E-state index contributed by atoms with van der Waals surface area (Å²) in [6.45, 7) is 4.44. The van der Waals surface area contributed by atoms with Gasteiger partial charge in [0.1, 0.15) is 17.0 Å². The highest BCUT2D eigenvalue weighted by molar-refractivity contribution is 6.30. The van der Waals surface area contributed by atoms with E-state index >= 15 is 0 Å². The first-order chi connectivity index (χ1) is 15.4. The Morgan fingerprint density at radius 2 is 1.94 bits per heavy atom. The molecule has 32 heavy (non-hydrogen) atoms. The van der Waals surface area contributed by atoms with E-state index in [1.807, 2.05) is 39.4 Å². The summed E-state index contributed by atoms with van der Waals surface area (Å²) in [6, 6.07) is 6.62. The predicted molar refractivity (Wildman–Crippen MR) is 121 cm³/mol. The van der Waals surface area contributed by atoms with Crippen molar-refractivity contribution in [3.05, 3.63) is 70.1 Å². The van der Waals surface area contributed by atoms with Gasteiger partial charge in [0, 0.05) is 47.6 Å². The molecule has 1 aromatic carbocycles. The van der Waals surface area contributed by atoms with Gasteiger partial charge in [-0.3, -0.25) is 4.68 Å². The molecule has 1 aliphatic heterocycles. The molecule has 164 valence electrons. The minimum atomic E-state index is -0.427. The topological polar surface area (TPSA) is 65.7 Å². The van der Waals surface area contributed by atoms with Crippen LogP contribution in [0.5, 0.6) is 0 Å². The molecule has 0 bridgehead atoms. The molecule has 0 spiro atoms. The Balaban J connectivity index is 1.62. The van der Waals surface area contributed by atoms with Crippen molar-refractivity contribution in [2.75, 3.05) is 6.61 Å². The first-order valence-electron chi connectivity index (χ1n) is 10.6. The number of nitrogens with zero attached hydrogens (tertiary/aromatic N) is 5. The zero-order valence-electron chi connectivity index (χ0n) is 18.1. The third-order valence-electron chi connectivity index (χ3n) is 6.07. The van der Waals surface area contributed by atoms with Gasteiger partial charge in [-0.05, 0) is 51.0 Å². The van der Waals surface area contributed by atoms with E-state index in [2.05, 4.69) is 5.10 Å². The standard InChI is InChI=1S/C24H23ClFN5O/c1-13-14(2)29-24-21(28-13)10-20(30-23(24)18-5-4-17(25)9-19(18)26)15-6-7-32-22(8-15)16-11-27-31(3)12-16/h4-5,9-12,15,22H,6-8H2,1-3H3/t15?,22-/m1/s1. The van der Waals surface area contributed by atoms with Crippen LogP contribution in [-0.4, -0.2) is 31.3 Å². The molecule has 2 atom stereocenters. The Labute approximate surface area is 190 Å². The lowest BCUT2D eigenvalue weighted by Gasteiger charge is -2.29. The molecule has 6 nitrogen and oxygen atoms in total. The fourth-order valence-electron chi connectivity index (χ4n) is 4.23. The van der Waals surface area contributed by atoms with Crippen molar-refractivity contribution >= 4 is 22.6 Å². The quantitative estimate of drug-likeness (QED) is 0.413. The van der Waals surface area contributed by atoms with E-state index in [0.29, 0.717) is 33.9 Å². The molecule has 0 saturated carbocycles. The molecule has 5 rings (SSSR count). The summed E-state index contributed by atoms with van der Waals surface area (Å²) in [5.41, 5.74) is 5.73. The monoisotopic (exact) mass is 451 g/mol. The zero-order valence-corrected chi connectivity index (χ0v) is 18.9. The van der Waals surface area contributed by atoms with Crippen molar-refractivity contribution in [3.8, 4) is 11.3 Å². The highest BCUT2D eigenvalue weighted by Gasteiger charge is 2.28. The number of pyridine rings is 1. The van der Waals surface area contributed by atoms with Gasteiger partial charge in [0.25, 0.3) is 0 Å². The number of aromatic nitrogens is 5. The largest absolute Gasteiger partial charge is 0.373 e. The van der Waals surface area contributed by atoms with Crippen LogP contribution in [0, 0.1) is 19.7 Å². The molecular weight excluding hydrogens is 429 g/mol. The molecule has 0 aliphatic carbocycles. The third-order valence-corrected chi connectivity index (χ3v) is 6.30. The lowest BCUT2D eigenvalue weighted by atomic mass is 9.89. The van der Waals surface area contributed by atoms with Gasteiger partial charge in [0.15, 0.2) is 0 Å². The molecule has 0 amide bonds. The van der Waals surface area contributed by atoms with Gasteiger partial charge >= 0.3 is 0 Å². The summed E-state index contributed by atoms with van der Waals surface area (Å²) in [5.74, 6) is -0.278. The number of hydrogen-bond donors (Lipinski definition) is 0. The Morgan fingerprint density at radius 1 is 1.12 bits per heavy atom. The molecule has 1 unspecified atom stereocenters. The lowest BCUT2D eigenvalue weighted by molar-refractivity contribution is 0.00464. The van der Waals surface area contributed by atoms with Crippen molar-refractivity contribution in [2.45, 2.75) is 38.7 Å². The Morgan fingerprint density at radius 3 is 2.69 bits per heavy atom. The van der Waals surface area contributed by atoms with E-state index in [1.54, 1.807) is 16.8 Å². The number of aryl methyl sites for hydroxylation is 3. The third kappa shape index (κ3) is 3.87. The summed E-state index contributed by atoms with van der Waals surface area (Å²) < 4.78 is 22.7. The van der Waals surface area contributed by atoms with Gasteiger partial charge in [-0.25, -0.2) is 19.3 Å². The van der Waals surface area contributed by atoms with E-state index < -0.39 is 5.82 Å². The maximum absolute atomic E-state index is 14.9. The van der Waals surface area contributed by atoms with Crippen LogP contribution in [0.2, 0.25) is 5.02 Å². The number of ether oxygens (including phenoxy) is 1. The molecule has 4 heterocycles. The van der Waals surface area contributed by atoms with Crippen LogP contribution >= 0.6 is 11.6 Å². The van der Waals surface area contributed by atoms with Crippen LogP contribution in [0.4, 0.5) is 4.39 Å². The average Bonchev–Trinajstić information content (AvgIpc) is 3.21. The lowest BCUT2D eigenvalue weighted by Crippen LogP contribution is -2.19. The summed E-state index contributed by atoms with van der Waals surface area (Å²) in [4.78, 5) is 14.4. The fourth-order valence-corrected chi connectivity index (χ4v) is 4.39. The van der Waals surface area contributed by atoms with Crippen molar-refractivity contribution in [1.29, 1.82) is 0 Å². The second-order valence-electron chi connectivity index (χ2n) is 8.31. The van der Waals surface area contributed by atoms with Gasteiger partial charge in [0.2, 0.25) is 0 Å². The maximum Gasteiger partial charge on any atom is 0.134 e. The highest BCUT2D eigenvalue weighted by atomic mass is 35.5. The molecule has 8 heteroatoms. The number of halogens is 2. The molecule has 3 aromatic heterocycles. The second kappa shape index (κ2) is 8.22. The highest BCUT2D eigenvalue weighted by Crippen LogP contribution is 2.39. The normalized spacial score (nSPS) is 18.9. The molecular formula is C24H23ClFN5O. The zero-order chi connectivity index (χ0) is 22.4. The second-order valence-corrected chi connectivity index (χ2v) is 8.75. The molecule has 1 fully saturated rings. The average molecular weight is 452 g/mol. The van der Waals surface area contributed by atoms with Crippen LogP contribution in [0.1, 0.15) is 47.5 Å². The smallest absolute Gasteiger partial charge is 0.134 e. The summed E-state index contributed by atoms with van der Waals surface area (Å²) in [5, 5.41) is 4.61. The minimum absolute atomic E-state index is 0.0542. The van der Waals surface area contributed by atoms with Crippen molar-refractivity contribution < 1.29 is 9.13 Å². The van der Waals surface area contributed by atoms with E-state index in [9.17, 15) is 4.39 Å². The van der Waals surface area contributed by atoms with Gasteiger partial charge in [0.05, 0.1) is 29.2 Å². The number of hydrogen-bond acceptors (Lipinski definition) is 5. The Bertz CT molecular complexity index is 1320. The van der Waals surface area contributed by atoms with Crippen LogP contribution in [0.15, 0.2) is 36.7 Å². The SMILES string of the molecule is Cc1nc2cc(C3CCO[C@@H](c4cnn(C)c4)C3)nc(-c3ccc(Cl)cc3F)c2nc1C. The summed E-state index contributed by atoms with van der Waals surface area (Å²) in [7, 11) is 1.89. The molecule has 1 aliphatic rings. The first kappa shape index (κ1) is 21.0.